The Morgan fingerprint density at radius 1 is 1.18 bits per heavy atom. The molecule has 1 aromatic heterocycles. The summed E-state index contributed by atoms with van der Waals surface area (Å²) >= 11 is 6.03. The first-order chi connectivity index (χ1) is 21.2. The molecule has 1 saturated heterocycles. The van der Waals surface area contributed by atoms with Gasteiger partial charge in [-0.3, -0.25) is 14.4 Å². The van der Waals surface area contributed by atoms with Crippen LogP contribution in [0.4, 0.5) is 4.79 Å². The third-order valence-corrected chi connectivity index (χ3v) is 8.06. The summed E-state index contributed by atoms with van der Waals surface area (Å²) in [6, 6.07) is 4.27. The molecule has 14 heteroatoms. The van der Waals surface area contributed by atoms with Crippen molar-refractivity contribution in [1.82, 2.24) is 25.1 Å². The first-order valence-corrected chi connectivity index (χ1v) is 15.4. The molecular weight excluding hydrogens is 606 g/mol. The lowest BCUT2D eigenvalue weighted by Crippen LogP contribution is -2.52. The van der Waals surface area contributed by atoms with E-state index in [0.29, 0.717) is 34.1 Å². The molecule has 45 heavy (non-hydrogen) atoms. The zero-order valence-electron chi connectivity index (χ0n) is 25.8. The average molecular weight is 646 g/mol. The number of unbranched alkanes of at least 4 members (excludes halogenated alkanes) is 1. The number of alkyl carbamates (subject to hydrolysis) is 1. The second-order valence-corrected chi connectivity index (χ2v) is 13.0. The van der Waals surface area contributed by atoms with Crippen LogP contribution in [0.2, 0.25) is 5.02 Å². The molecule has 0 spiro atoms. The minimum atomic E-state index is -1.61. The molecule has 3 amide bonds. The number of aliphatic carboxylic acids is 1. The van der Waals surface area contributed by atoms with Crippen molar-refractivity contribution in [2.24, 2.45) is 0 Å². The van der Waals surface area contributed by atoms with Gasteiger partial charge < -0.3 is 35.1 Å². The summed E-state index contributed by atoms with van der Waals surface area (Å²) in [4.78, 5) is 75.0. The van der Waals surface area contributed by atoms with Gasteiger partial charge in [-0.15, -0.1) is 0 Å². The second kappa shape index (κ2) is 14.0. The number of carbonyl (C=O) groups is 4. The maximum absolute atomic E-state index is 13.9. The van der Waals surface area contributed by atoms with E-state index in [9.17, 15) is 34.2 Å². The Hall–Kier alpha value is -3.97. The van der Waals surface area contributed by atoms with Crippen LogP contribution in [0.15, 0.2) is 29.1 Å². The molecule has 0 bridgehead atoms. The number of rotatable bonds is 9. The zero-order valence-corrected chi connectivity index (χ0v) is 26.6. The van der Waals surface area contributed by atoms with Crippen molar-refractivity contribution in [2.75, 3.05) is 13.1 Å². The van der Waals surface area contributed by atoms with Crippen LogP contribution in [0.3, 0.4) is 0 Å². The van der Waals surface area contributed by atoms with Crippen LogP contribution in [0, 0.1) is 0 Å². The largest absolute Gasteiger partial charge is 0.480 e. The molecule has 1 unspecified atom stereocenters. The summed E-state index contributed by atoms with van der Waals surface area (Å²) < 4.78 is 5.12. The average Bonchev–Trinajstić information content (AvgIpc) is 3.36. The Morgan fingerprint density at radius 2 is 1.87 bits per heavy atom. The number of hydrogen-bond donors (Lipinski definition) is 4. The van der Waals surface area contributed by atoms with Gasteiger partial charge in [0.2, 0.25) is 11.8 Å². The standard InChI is InChI=1S/C31H40ClN5O8/c1-5-6-7-18-14-36(16-21-25(18)34-26(35-27(21)40)17-8-10-19(32)11-9-17)28(41)23-12-20(38)15-37(23)24(39)13-22(29(42)43)33-30(44)45-31(2,3)4/h8-11,18,20,22-23,38H,5-7,12-16H2,1-4H3,(H,33,44)(H,42,43)(H,34,35,40)/t18?,20-,22-,23+/m1/s1. The molecule has 3 heterocycles. The summed E-state index contributed by atoms with van der Waals surface area (Å²) in [5.41, 5.74) is 0.419. The highest BCUT2D eigenvalue weighted by atomic mass is 35.5. The van der Waals surface area contributed by atoms with Crippen molar-refractivity contribution in [2.45, 2.75) is 96.1 Å². The van der Waals surface area contributed by atoms with Crippen LogP contribution >= 0.6 is 11.6 Å². The lowest BCUT2D eigenvalue weighted by Gasteiger charge is -2.36. The Kier molecular flexibility index (Phi) is 10.5. The lowest BCUT2D eigenvalue weighted by molar-refractivity contribution is -0.147. The fourth-order valence-corrected chi connectivity index (χ4v) is 5.81. The summed E-state index contributed by atoms with van der Waals surface area (Å²) in [5, 5.41) is 22.9. The fourth-order valence-electron chi connectivity index (χ4n) is 5.68. The number of halogens is 1. The summed E-state index contributed by atoms with van der Waals surface area (Å²) in [7, 11) is 0. The summed E-state index contributed by atoms with van der Waals surface area (Å²) in [5.74, 6) is -2.47. The van der Waals surface area contributed by atoms with E-state index in [-0.39, 0.29) is 37.5 Å². The van der Waals surface area contributed by atoms with E-state index >= 15 is 0 Å². The first-order valence-electron chi connectivity index (χ1n) is 15.0. The number of carboxylic acids is 1. The Bertz CT molecular complexity index is 1490. The Labute approximate surface area is 265 Å². The van der Waals surface area contributed by atoms with Crippen molar-refractivity contribution in [3.8, 4) is 11.4 Å². The smallest absolute Gasteiger partial charge is 0.408 e. The number of aromatic nitrogens is 2. The highest BCUT2D eigenvalue weighted by Crippen LogP contribution is 2.32. The number of aromatic amines is 1. The molecule has 1 aromatic carbocycles. The van der Waals surface area contributed by atoms with Crippen LogP contribution in [-0.4, -0.2) is 90.7 Å². The van der Waals surface area contributed by atoms with Crippen LogP contribution in [-0.2, 0) is 25.7 Å². The number of likely N-dealkylation sites (tertiary alicyclic amines) is 1. The molecule has 2 aliphatic heterocycles. The van der Waals surface area contributed by atoms with Crippen LogP contribution in [0.5, 0.6) is 0 Å². The van der Waals surface area contributed by atoms with Crippen LogP contribution < -0.4 is 10.9 Å². The molecule has 4 rings (SSSR count). The number of fused-ring (bicyclic) bond motifs is 1. The van der Waals surface area contributed by atoms with Crippen molar-refractivity contribution < 1.29 is 34.1 Å². The van der Waals surface area contributed by atoms with Crippen LogP contribution in [0.25, 0.3) is 11.4 Å². The van der Waals surface area contributed by atoms with Gasteiger partial charge in [-0.1, -0.05) is 31.4 Å². The minimum absolute atomic E-state index is 0.0351. The molecule has 0 aliphatic carbocycles. The molecular formula is C31H40ClN5O8. The van der Waals surface area contributed by atoms with E-state index in [2.05, 4.69) is 10.3 Å². The van der Waals surface area contributed by atoms with Gasteiger partial charge in [-0.25, -0.2) is 14.6 Å². The normalized spacial score (nSPS) is 20.4. The topological polar surface area (TPSA) is 182 Å². The van der Waals surface area contributed by atoms with Gasteiger partial charge in [0, 0.05) is 36.0 Å². The van der Waals surface area contributed by atoms with Gasteiger partial charge in [0.25, 0.3) is 5.56 Å². The highest BCUT2D eigenvalue weighted by molar-refractivity contribution is 6.30. The number of nitrogens with zero attached hydrogens (tertiary/aromatic N) is 3. The number of ether oxygens (including phenoxy) is 1. The number of carbonyl (C=O) groups excluding carboxylic acids is 3. The van der Waals surface area contributed by atoms with E-state index in [1.54, 1.807) is 45.0 Å². The van der Waals surface area contributed by atoms with Gasteiger partial charge in [0.15, 0.2) is 0 Å². The van der Waals surface area contributed by atoms with Crippen molar-refractivity contribution >= 4 is 35.5 Å². The SMILES string of the molecule is CCCCC1CN(C(=O)[C@@H]2C[C@@H](O)CN2C(=O)C[C@@H](NC(=O)OC(C)(C)C)C(=O)O)Cc2c1nc(-c1ccc(Cl)cc1)[nH]c2=O. The predicted octanol–water partition coefficient (Wildman–Crippen LogP) is 3.04. The molecule has 4 N–H and O–H groups in total. The lowest BCUT2D eigenvalue weighted by atomic mass is 9.90. The molecule has 2 aromatic rings. The fraction of sp³-hybridized carbons (Fsp3) is 0.548. The summed E-state index contributed by atoms with van der Waals surface area (Å²) in [6.07, 6.45) is -0.295. The number of nitrogens with one attached hydrogen (secondary N) is 2. The number of β-amino-alcohol motifs (C(OH)–C–C–N with tert-alkyl or cyclic N) is 1. The maximum atomic E-state index is 13.9. The van der Waals surface area contributed by atoms with Gasteiger partial charge in [0.05, 0.1) is 30.3 Å². The van der Waals surface area contributed by atoms with Crippen molar-refractivity contribution in [3.63, 3.8) is 0 Å². The minimum Gasteiger partial charge on any atom is -0.480 e. The third kappa shape index (κ3) is 8.40. The zero-order chi connectivity index (χ0) is 33.1. The predicted molar refractivity (Wildman–Crippen MR) is 165 cm³/mol. The van der Waals surface area contributed by atoms with E-state index in [0.717, 1.165) is 17.7 Å². The van der Waals surface area contributed by atoms with Gasteiger partial charge >= 0.3 is 12.1 Å². The molecule has 1 fully saturated rings. The van der Waals surface area contributed by atoms with E-state index < -0.39 is 54.1 Å². The number of amides is 3. The monoisotopic (exact) mass is 645 g/mol. The number of benzene rings is 1. The molecule has 0 saturated carbocycles. The number of aliphatic hydroxyl groups excluding tert-OH is 1. The molecule has 0 radical (unpaired) electrons. The third-order valence-electron chi connectivity index (χ3n) is 7.81. The van der Waals surface area contributed by atoms with Gasteiger partial charge in [-0.05, 0) is 51.5 Å². The molecule has 2 aliphatic rings. The van der Waals surface area contributed by atoms with E-state index in [1.807, 2.05) is 6.92 Å². The van der Waals surface area contributed by atoms with E-state index in [1.165, 1.54) is 4.90 Å². The molecule has 13 nitrogen and oxygen atoms in total. The maximum Gasteiger partial charge on any atom is 0.408 e. The van der Waals surface area contributed by atoms with Crippen LogP contribution in [0.1, 0.15) is 77.0 Å². The summed E-state index contributed by atoms with van der Waals surface area (Å²) in [6.45, 7) is 6.94. The highest BCUT2D eigenvalue weighted by Gasteiger charge is 2.43. The molecule has 244 valence electrons. The van der Waals surface area contributed by atoms with Crippen molar-refractivity contribution in [3.05, 3.63) is 50.9 Å². The second-order valence-electron chi connectivity index (χ2n) is 12.5. The Balaban J connectivity index is 1.56. The first kappa shape index (κ1) is 33.9. The van der Waals surface area contributed by atoms with E-state index in [4.69, 9.17) is 21.3 Å². The number of aliphatic hydroxyl groups is 1. The molecule has 4 atom stereocenters. The quantitative estimate of drug-likeness (QED) is 0.318. The van der Waals surface area contributed by atoms with Gasteiger partial charge in [-0.2, -0.15) is 0 Å². The number of H-pyrrole nitrogens is 1. The number of carboxylic acid groups (broad SMARTS) is 1. The number of hydrogen-bond acceptors (Lipinski definition) is 8. The Morgan fingerprint density at radius 3 is 2.49 bits per heavy atom. The van der Waals surface area contributed by atoms with Gasteiger partial charge in [0.1, 0.15) is 23.5 Å². The van der Waals surface area contributed by atoms with Crippen molar-refractivity contribution in [1.29, 1.82) is 0 Å².